The Morgan fingerprint density at radius 1 is 1.45 bits per heavy atom. The fourth-order valence-electron chi connectivity index (χ4n) is 2.41. The molecule has 1 atom stereocenters. The van der Waals surface area contributed by atoms with Gasteiger partial charge in [0.15, 0.2) is 0 Å². The van der Waals surface area contributed by atoms with Gasteiger partial charge in [-0.2, -0.15) is 0 Å². The highest BCUT2D eigenvalue weighted by molar-refractivity contribution is 5.79. The molecule has 0 saturated heterocycles. The Kier molecular flexibility index (Phi) is 6.07. The van der Waals surface area contributed by atoms with Crippen LogP contribution in [0.25, 0.3) is 0 Å². The van der Waals surface area contributed by atoms with Crippen molar-refractivity contribution < 1.29 is 19.0 Å². The van der Waals surface area contributed by atoms with E-state index in [1.54, 1.807) is 7.11 Å². The molecular weight excluding hydrogens is 282 g/mol. The van der Waals surface area contributed by atoms with Crippen LogP contribution in [-0.2, 0) is 16.0 Å². The van der Waals surface area contributed by atoms with Crippen LogP contribution in [0, 0.1) is 5.92 Å². The largest absolute Gasteiger partial charge is 0.497 e. The van der Waals surface area contributed by atoms with Crippen LogP contribution < -0.4 is 14.8 Å². The standard InChI is InChI=1S/C17H25NO4/c1-12(2)21-8-4-7-18-17(19)14-9-13-10-15(20-3)5-6-16(13)22-11-14/h5-6,10,12,14H,4,7-9,11H2,1-3H3,(H,18,19). The average molecular weight is 307 g/mol. The number of hydrogen-bond donors (Lipinski definition) is 1. The van der Waals surface area contributed by atoms with Crippen LogP contribution in [0.4, 0.5) is 0 Å². The molecule has 0 bridgehead atoms. The summed E-state index contributed by atoms with van der Waals surface area (Å²) < 4.78 is 16.3. The van der Waals surface area contributed by atoms with E-state index >= 15 is 0 Å². The van der Waals surface area contributed by atoms with E-state index in [-0.39, 0.29) is 17.9 Å². The van der Waals surface area contributed by atoms with Gasteiger partial charge in [0.05, 0.1) is 19.1 Å². The van der Waals surface area contributed by atoms with Crippen molar-refractivity contribution in [2.24, 2.45) is 5.92 Å². The van der Waals surface area contributed by atoms with Gasteiger partial charge in [0.2, 0.25) is 5.91 Å². The number of nitrogens with one attached hydrogen (secondary N) is 1. The second kappa shape index (κ2) is 8.03. The Balaban J connectivity index is 1.80. The Labute approximate surface area is 131 Å². The van der Waals surface area contributed by atoms with Crippen LogP contribution in [0.15, 0.2) is 18.2 Å². The van der Waals surface area contributed by atoms with Gasteiger partial charge in [0.25, 0.3) is 0 Å². The minimum absolute atomic E-state index is 0.0398. The molecule has 0 aromatic heterocycles. The Bertz CT molecular complexity index is 501. The van der Waals surface area contributed by atoms with Crippen molar-refractivity contribution in [1.29, 1.82) is 0 Å². The van der Waals surface area contributed by atoms with E-state index < -0.39 is 0 Å². The first kappa shape index (κ1) is 16.6. The number of amides is 1. The summed E-state index contributed by atoms with van der Waals surface area (Å²) in [5.74, 6) is 1.52. The molecule has 1 unspecified atom stereocenters. The number of rotatable bonds is 7. The van der Waals surface area contributed by atoms with E-state index in [4.69, 9.17) is 14.2 Å². The highest BCUT2D eigenvalue weighted by Gasteiger charge is 2.26. The van der Waals surface area contributed by atoms with E-state index in [1.165, 1.54) is 0 Å². The number of carbonyl (C=O) groups excluding carboxylic acids is 1. The molecule has 0 radical (unpaired) electrons. The molecular formula is C17H25NO4. The number of hydrogen-bond acceptors (Lipinski definition) is 4. The average Bonchev–Trinajstić information content (AvgIpc) is 2.52. The smallest absolute Gasteiger partial charge is 0.226 e. The molecule has 1 aromatic carbocycles. The van der Waals surface area contributed by atoms with E-state index in [1.807, 2.05) is 32.0 Å². The maximum Gasteiger partial charge on any atom is 0.226 e. The van der Waals surface area contributed by atoms with E-state index in [9.17, 15) is 4.79 Å². The van der Waals surface area contributed by atoms with Crippen LogP contribution in [0.5, 0.6) is 11.5 Å². The van der Waals surface area contributed by atoms with Gasteiger partial charge in [-0.3, -0.25) is 4.79 Å². The summed E-state index contributed by atoms with van der Waals surface area (Å²) in [7, 11) is 1.63. The SMILES string of the molecule is COc1ccc2c(c1)CC(C(=O)NCCCOC(C)C)CO2. The Morgan fingerprint density at radius 3 is 3.00 bits per heavy atom. The first-order valence-electron chi connectivity index (χ1n) is 7.79. The number of ether oxygens (including phenoxy) is 3. The van der Waals surface area contributed by atoms with Crippen LogP contribution in [0.1, 0.15) is 25.8 Å². The van der Waals surface area contributed by atoms with Gasteiger partial charge in [0.1, 0.15) is 18.1 Å². The third kappa shape index (κ3) is 4.63. The predicted molar refractivity (Wildman–Crippen MR) is 84.4 cm³/mol. The minimum Gasteiger partial charge on any atom is -0.497 e. The van der Waals surface area contributed by atoms with Gasteiger partial charge in [-0.1, -0.05) is 0 Å². The second-order valence-electron chi connectivity index (χ2n) is 5.75. The van der Waals surface area contributed by atoms with Gasteiger partial charge in [-0.05, 0) is 50.5 Å². The van der Waals surface area contributed by atoms with Crippen molar-refractivity contribution in [2.45, 2.75) is 32.8 Å². The Hall–Kier alpha value is -1.75. The lowest BCUT2D eigenvalue weighted by Gasteiger charge is -2.25. The monoisotopic (exact) mass is 307 g/mol. The second-order valence-corrected chi connectivity index (χ2v) is 5.75. The van der Waals surface area contributed by atoms with E-state index in [0.29, 0.717) is 26.2 Å². The maximum atomic E-state index is 12.2. The molecule has 2 rings (SSSR count). The van der Waals surface area contributed by atoms with Gasteiger partial charge < -0.3 is 19.5 Å². The zero-order chi connectivity index (χ0) is 15.9. The van der Waals surface area contributed by atoms with Crippen molar-refractivity contribution in [3.8, 4) is 11.5 Å². The molecule has 5 nitrogen and oxygen atoms in total. The van der Waals surface area contributed by atoms with Crippen LogP contribution in [0.2, 0.25) is 0 Å². The zero-order valence-corrected chi connectivity index (χ0v) is 13.6. The molecule has 1 aliphatic heterocycles. The highest BCUT2D eigenvalue weighted by atomic mass is 16.5. The van der Waals surface area contributed by atoms with Crippen molar-refractivity contribution in [2.75, 3.05) is 26.9 Å². The molecule has 1 aromatic rings. The van der Waals surface area contributed by atoms with Crippen LogP contribution >= 0.6 is 0 Å². The van der Waals surface area contributed by atoms with Crippen molar-refractivity contribution >= 4 is 5.91 Å². The summed E-state index contributed by atoms with van der Waals surface area (Å²) in [6.07, 6.45) is 1.73. The fraction of sp³-hybridized carbons (Fsp3) is 0.588. The van der Waals surface area contributed by atoms with Gasteiger partial charge in [-0.25, -0.2) is 0 Å². The van der Waals surface area contributed by atoms with Gasteiger partial charge >= 0.3 is 0 Å². The summed E-state index contributed by atoms with van der Waals surface area (Å²) in [6, 6.07) is 5.70. The summed E-state index contributed by atoms with van der Waals surface area (Å²) >= 11 is 0. The molecule has 0 aliphatic carbocycles. The first-order valence-corrected chi connectivity index (χ1v) is 7.79. The lowest BCUT2D eigenvalue weighted by atomic mass is 9.96. The number of fused-ring (bicyclic) bond motifs is 1. The molecule has 1 amide bonds. The molecule has 0 saturated carbocycles. The third-order valence-corrected chi connectivity index (χ3v) is 3.62. The fourth-order valence-corrected chi connectivity index (χ4v) is 2.41. The molecule has 122 valence electrons. The lowest BCUT2D eigenvalue weighted by molar-refractivity contribution is -0.126. The van der Waals surface area contributed by atoms with E-state index in [0.717, 1.165) is 23.5 Å². The molecule has 0 spiro atoms. The zero-order valence-electron chi connectivity index (χ0n) is 13.6. The molecule has 22 heavy (non-hydrogen) atoms. The van der Waals surface area contributed by atoms with Crippen molar-refractivity contribution in [3.63, 3.8) is 0 Å². The third-order valence-electron chi connectivity index (χ3n) is 3.62. The highest BCUT2D eigenvalue weighted by Crippen LogP contribution is 2.30. The molecule has 1 N–H and O–H groups in total. The van der Waals surface area contributed by atoms with E-state index in [2.05, 4.69) is 5.32 Å². The number of carbonyl (C=O) groups is 1. The van der Waals surface area contributed by atoms with Crippen molar-refractivity contribution in [1.82, 2.24) is 5.32 Å². The molecule has 0 fully saturated rings. The summed E-state index contributed by atoms with van der Waals surface area (Å²) in [6.45, 7) is 5.73. The summed E-state index contributed by atoms with van der Waals surface area (Å²) in [5.41, 5.74) is 1.02. The molecule has 1 aliphatic rings. The first-order chi connectivity index (χ1) is 10.6. The predicted octanol–water partition coefficient (Wildman–Crippen LogP) is 2.18. The summed E-state index contributed by atoms with van der Waals surface area (Å²) in [5, 5.41) is 2.96. The summed E-state index contributed by atoms with van der Waals surface area (Å²) in [4.78, 5) is 12.2. The van der Waals surface area contributed by atoms with Crippen LogP contribution in [-0.4, -0.2) is 38.9 Å². The Morgan fingerprint density at radius 2 is 2.27 bits per heavy atom. The number of benzene rings is 1. The quantitative estimate of drug-likeness (QED) is 0.785. The minimum atomic E-state index is -0.148. The molecule has 1 heterocycles. The van der Waals surface area contributed by atoms with Gasteiger partial charge in [-0.15, -0.1) is 0 Å². The molecule has 5 heteroatoms. The van der Waals surface area contributed by atoms with Crippen LogP contribution in [0.3, 0.4) is 0 Å². The normalized spacial score (nSPS) is 16.8. The number of methoxy groups -OCH3 is 1. The topological polar surface area (TPSA) is 56.8 Å². The maximum absolute atomic E-state index is 12.2. The van der Waals surface area contributed by atoms with Gasteiger partial charge in [0, 0.05) is 13.2 Å². The van der Waals surface area contributed by atoms with Crippen molar-refractivity contribution in [3.05, 3.63) is 23.8 Å². The lowest BCUT2D eigenvalue weighted by Crippen LogP contribution is -2.38.